The third-order valence-corrected chi connectivity index (χ3v) is 6.10. The molecule has 0 spiro atoms. The van der Waals surface area contributed by atoms with Gasteiger partial charge in [-0.15, -0.1) is 0 Å². The van der Waals surface area contributed by atoms with Gasteiger partial charge < -0.3 is 9.80 Å². The predicted octanol–water partition coefficient (Wildman–Crippen LogP) is 2.41. The zero-order chi connectivity index (χ0) is 19.0. The van der Waals surface area contributed by atoms with E-state index in [9.17, 15) is 14.4 Å². The van der Waals surface area contributed by atoms with Crippen molar-refractivity contribution in [2.24, 2.45) is 5.92 Å². The van der Waals surface area contributed by atoms with Gasteiger partial charge >= 0.3 is 6.03 Å². The van der Waals surface area contributed by atoms with Gasteiger partial charge in [0, 0.05) is 45.1 Å². The van der Waals surface area contributed by atoms with Gasteiger partial charge in [-0.1, -0.05) is 31.2 Å². The molecule has 1 aromatic rings. The first-order valence-corrected chi connectivity index (χ1v) is 9.98. The zero-order valence-electron chi connectivity index (χ0n) is 15.9. The molecule has 0 bridgehead atoms. The van der Waals surface area contributed by atoms with Crippen LogP contribution in [-0.2, 0) is 22.6 Å². The van der Waals surface area contributed by atoms with Crippen molar-refractivity contribution in [3.05, 3.63) is 35.4 Å². The Bertz CT molecular complexity index is 763. The Hall–Kier alpha value is -2.37. The number of fused-ring (bicyclic) bond motifs is 2. The smallest absolute Gasteiger partial charge is 0.327 e. The molecule has 1 unspecified atom stereocenters. The number of carbonyl (C=O) groups is 3. The lowest BCUT2D eigenvalue weighted by Gasteiger charge is -2.43. The van der Waals surface area contributed by atoms with Gasteiger partial charge in [0.1, 0.15) is 0 Å². The van der Waals surface area contributed by atoms with Gasteiger partial charge in [-0.2, -0.15) is 0 Å². The van der Waals surface area contributed by atoms with Crippen LogP contribution in [0.4, 0.5) is 4.79 Å². The lowest BCUT2D eigenvalue weighted by atomic mass is 9.91. The van der Waals surface area contributed by atoms with E-state index in [4.69, 9.17) is 0 Å². The number of rotatable bonds is 3. The summed E-state index contributed by atoms with van der Waals surface area (Å²) < 4.78 is 0. The molecule has 6 heteroatoms. The van der Waals surface area contributed by atoms with Crippen molar-refractivity contribution < 1.29 is 14.4 Å². The number of nitrogens with zero attached hydrogens (tertiary/aromatic N) is 3. The van der Waals surface area contributed by atoms with Gasteiger partial charge in [-0.25, -0.2) is 4.79 Å². The Morgan fingerprint density at radius 1 is 1.15 bits per heavy atom. The molecule has 3 aliphatic rings. The van der Waals surface area contributed by atoms with Gasteiger partial charge in [-0.3, -0.25) is 14.5 Å². The summed E-state index contributed by atoms with van der Waals surface area (Å²) in [4.78, 5) is 43.0. The minimum Gasteiger partial charge on any atom is -0.342 e. The lowest BCUT2D eigenvalue weighted by molar-refractivity contribution is -0.136. The second kappa shape index (κ2) is 7.33. The third kappa shape index (κ3) is 3.57. The molecule has 27 heavy (non-hydrogen) atoms. The Morgan fingerprint density at radius 3 is 2.70 bits per heavy atom. The number of carbonyl (C=O) groups excluding carboxylic acids is 3. The Kier molecular flexibility index (Phi) is 4.89. The minimum absolute atomic E-state index is 0.0493. The Labute approximate surface area is 160 Å². The molecule has 4 rings (SSSR count). The molecule has 3 heterocycles. The van der Waals surface area contributed by atoms with Crippen molar-refractivity contribution in [3.8, 4) is 0 Å². The minimum atomic E-state index is -0.245. The normalized spacial score (nSPS) is 25.3. The Balaban J connectivity index is 1.40. The molecule has 6 nitrogen and oxygen atoms in total. The summed E-state index contributed by atoms with van der Waals surface area (Å²) in [5, 5.41) is 0. The lowest BCUT2D eigenvalue weighted by Crippen LogP contribution is -2.58. The summed E-state index contributed by atoms with van der Waals surface area (Å²) in [5.41, 5.74) is 2.37. The summed E-state index contributed by atoms with van der Waals surface area (Å²) in [6.45, 7) is 4.46. The summed E-state index contributed by atoms with van der Waals surface area (Å²) in [6.07, 6.45) is 3.48. The molecular formula is C21H27N3O3. The molecule has 1 aromatic carbocycles. The average molecular weight is 369 g/mol. The van der Waals surface area contributed by atoms with Crippen LogP contribution in [0.25, 0.3) is 0 Å². The van der Waals surface area contributed by atoms with Crippen LogP contribution in [0.1, 0.15) is 43.7 Å². The largest absolute Gasteiger partial charge is 0.342 e. The van der Waals surface area contributed by atoms with Crippen LogP contribution in [0.3, 0.4) is 0 Å². The van der Waals surface area contributed by atoms with E-state index < -0.39 is 0 Å². The molecular weight excluding hydrogens is 342 g/mol. The van der Waals surface area contributed by atoms with Crippen molar-refractivity contribution in [2.45, 2.75) is 51.6 Å². The molecule has 2 saturated heterocycles. The highest BCUT2D eigenvalue weighted by Gasteiger charge is 2.41. The van der Waals surface area contributed by atoms with Crippen molar-refractivity contribution in [2.75, 3.05) is 19.6 Å². The molecule has 144 valence electrons. The van der Waals surface area contributed by atoms with Crippen LogP contribution in [0, 0.1) is 5.92 Å². The van der Waals surface area contributed by atoms with Gasteiger partial charge in [0.05, 0.1) is 0 Å². The average Bonchev–Trinajstić information content (AvgIpc) is 2.66. The maximum Gasteiger partial charge on any atom is 0.327 e. The van der Waals surface area contributed by atoms with Gasteiger partial charge in [0.25, 0.3) is 0 Å². The molecule has 0 radical (unpaired) electrons. The Morgan fingerprint density at radius 2 is 1.93 bits per heavy atom. The van der Waals surface area contributed by atoms with E-state index in [1.165, 1.54) is 10.5 Å². The first kappa shape index (κ1) is 18.0. The number of benzene rings is 1. The number of hydrogen-bond donors (Lipinski definition) is 0. The van der Waals surface area contributed by atoms with E-state index in [-0.39, 0.29) is 36.9 Å². The number of piperidine rings is 1. The molecule has 3 aliphatic heterocycles. The maximum atomic E-state index is 12.9. The molecule has 0 saturated carbocycles. The second-order valence-corrected chi connectivity index (χ2v) is 8.12. The monoisotopic (exact) mass is 369 g/mol. The highest BCUT2D eigenvalue weighted by atomic mass is 16.2. The molecule has 4 amide bonds. The van der Waals surface area contributed by atoms with Crippen LogP contribution in [0.5, 0.6) is 0 Å². The topological polar surface area (TPSA) is 60.9 Å². The van der Waals surface area contributed by atoms with Crippen LogP contribution in [-0.4, -0.2) is 58.2 Å². The highest BCUT2D eigenvalue weighted by molar-refractivity contribution is 5.98. The van der Waals surface area contributed by atoms with Crippen LogP contribution in [0.2, 0.25) is 0 Å². The van der Waals surface area contributed by atoms with E-state index >= 15 is 0 Å². The number of hydrogen-bond acceptors (Lipinski definition) is 3. The summed E-state index contributed by atoms with van der Waals surface area (Å²) >= 11 is 0. The second-order valence-electron chi connectivity index (χ2n) is 8.12. The summed E-state index contributed by atoms with van der Waals surface area (Å²) in [5.74, 6) is 0.420. The van der Waals surface area contributed by atoms with E-state index in [2.05, 4.69) is 13.0 Å². The highest BCUT2D eigenvalue weighted by Crippen LogP contribution is 2.29. The number of likely N-dealkylation sites (tertiary alicyclic amines) is 1. The van der Waals surface area contributed by atoms with Crippen molar-refractivity contribution >= 4 is 17.8 Å². The molecule has 2 fully saturated rings. The first-order chi connectivity index (χ1) is 13.0. The fourth-order valence-electron chi connectivity index (χ4n) is 4.57. The van der Waals surface area contributed by atoms with Crippen LogP contribution >= 0.6 is 0 Å². The molecule has 0 aliphatic carbocycles. The number of amides is 4. The maximum absolute atomic E-state index is 12.9. The van der Waals surface area contributed by atoms with Crippen LogP contribution in [0.15, 0.2) is 24.3 Å². The van der Waals surface area contributed by atoms with Crippen molar-refractivity contribution in [1.82, 2.24) is 14.7 Å². The quantitative estimate of drug-likeness (QED) is 0.822. The van der Waals surface area contributed by atoms with Gasteiger partial charge in [0.15, 0.2) is 0 Å². The van der Waals surface area contributed by atoms with Crippen LogP contribution < -0.4 is 0 Å². The zero-order valence-corrected chi connectivity index (χ0v) is 15.9. The van der Waals surface area contributed by atoms with Gasteiger partial charge in [0.2, 0.25) is 11.8 Å². The molecule has 0 aromatic heterocycles. The standard InChI is InChI=1S/C21H27N3O3/c1-15-5-4-9-22(13-15)19(25)8-10-23-20(26)12-18-11-16-6-2-3-7-17(16)14-24(18)21(23)27/h2-3,6-7,15,18H,4-5,8-14H2,1H3/t15?,18-/m0/s1. The van der Waals surface area contributed by atoms with E-state index in [0.717, 1.165) is 37.9 Å². The SMILES string of the molecule is CC1CCCN(C(=O)CCN2C(=O)C[C@@H]3Cc4ccccc4CN3C2=O)C1. The third-order valence-electron chi connectivity index (χ3n) is 6.10. The summed E-state index contributed by atoms with van der Waals surface area (Å²) in [6, 6.07) is 7.79. The van der Waals surface area contributed by atoms with E-state index in [1.54, 1.807) is 4.90 Å². The first-order valence-electron chi connectivity index (χ1n) is 9.98. The number of urea groups is 1. The van der Waals surface area contributed by atoms with E-state index in [0.29, 0.717) is 18.9 Å². The van der Waals surface area contributed by atoms with Gasteiger partial charge in [-0.05, 0) is 36.3 Å². The fraction of sp³-hybridized carbons (Fsp3) is 0.571. The van der Waals surface area contributed by atoms with Crippen molar-refractivity contribution in [1.29, 1.82) is 0 Å². The molecule has 2 atom stereocenters. The van der Waals surface area contributed by atoms with E-state index in [1.807, 2.05) is 23.1 Å². The summed E-state index contributed by atoms with van der Waals surface area (Å²) in [7, 11) is 0. The number of imide groups is 1. The van der Waals surface area contributed by atoms with Crippen molar-refractivity contribution in [3.63, 3.8) is 0 Å². The fourth-order valence-corrected chi connectivity index (χ4v) is 4.57. The molecule has 0 N–H and O–H groups in total. The predicted molar refractivity (Wildman–Crippen MR) is 101 cm³/mol.